The van der Waals surface area contributed by atoms with Crippen molar-refractivity contribution in [1.29, 1.82) is 0 Å². The summed E-state index contributed by atoms with van der Waals surface area (Å²) in [5, 5.41) is 3.13. The van der Waals surface area contributed by atoms with Crippen molar-refractivity contribution in [2.24, 2.45) is 11.8 Å². The minimum atomic E-state index is -3.69. The Morgan fingerprint density at radius 1 is 0.882 bits per heavy atom. The summed E-state index contributed by atoms with van der Waals surface area (Å²) in [6.07, 6.45) is 11.2. The molecule has 2 N–H and O–H groups in total. The van der Waals surface area contributed by atoms with Crippen LogP contribution < -0.4 is 10.0 Å². The van der Waals surface area contributed by atoms with Crippen LogP contribution in [0.5, 0.6) is 0 Å². The zero-order valence-corrected chi connectivity index (χ0v) is 21.1. The zero-order chi connectivity index (χ0) is 24.1. The Kier molecular flexibility index (Phi) is 8.30. The lowest BCUT2D eigenvalue weighted by Gasteiger charge is -2.29. The molecule has 0 heterocycles. The second-order valence-electron chi connectivity index (χ2n) is 10.0. The predicted octanol–water partition coefficient (Wildman–Crippen LogP) is 4.48. The van der Waals surface area contributed by atoms with Gasteiger partial charge in [-0.2, -0.15) is 0 Å². The smallest absolute Gasteiger partial charge is 0.308 e. The Bertz CT molecular complexity index is 993. The van der Waals surface area contributed by atoms with Crippen molar-refractivity contribution in [2.45, 2.75) is 101 Å². The van der Waals surface area contributed by atoms with E-state index >= 15 is 0 Å². The molecule has 0 spiro atoms. The highest BCUT2D eigenvalue weighted by molar-refractivity contribution is 7.89. The van der Waals surface area contributed by atoms with Crippen LogP contribution in [-0.4, -0.2) is 32.9 Å². The fourth-order valence-electron chi connectivity index (χ4n) is 5.79. The Morgan fingerprint density at radius 3 is 2.24 bits per heavy atom. The number of rotatable bonds is 7. The number of hydrogen-bond donors (Lipinski definition) is 2. The van der Waals surface area contributed by atoms with Gasteiger partial charge in [-0.25, -0.2) is 13.1 Å². The molecule has 1 aromatic rings. The van der Waals surface area contributed by atoms with E-state index in [0.29, 0.717) is 43.6 Å². The highest BCUT2D eigenvalue weighted by Gasteiger charge is 2.32. The van der Waals surface area contributed by atoms with Crippen molar-refractivity contribution in [2.75, 3.05) is 11.9 Å². The molecule has 7 nitrogen and oxygen atoms in total. The number of carbonyl (C=O) groups is 2. The van der Waals surface area contributed by atoms with Crippen molar-refractivity contribution >= 4 is 27.6 Å². The molecule has 0 radical (unpaired) electrons. The first-order chi connectivity index (χ1) is 16.4. The summed E-state index contributed by atoms with van der Waals surface area (Å²) in [7, 11) is -3.69. The Hall–Kier alpha value is -1.93. The van der Waals surface area contributed by atoms with Crippen LogP contribution >= 0.6 is 0 Å². The minimum Gasteiger partial charge on any atom is -0.466 e. The van der Waals surface area contributed by atoms with Crippen molar-refractivity contribution in [3.63, 3.8) is 0 Å². The lowest BCUT2D eigenvalue weighted by atomic mass is 9.86. The van der Waals surface area contributed by atoms with Crippen LogP contribution in [0.1, 0.15) is 88.7 Å². The number of carbonyl (C=O) groups excluding carboxylic acids is 2. The van der Waals surface area contributed by atoms with Gasteiger partial charge in [0.2, 0.25) is 15.9 Å². The number of nitrogens with one attached hydrogen (secondary N) is 2. The van der Waals surface area contributed by atoms with E-state index in [4.69, 9.17) is 4.74 Å². The monoisotopic (exact) mass is 490 g/mol. The van der Waals surface area contributed by atoms with Gasteiger partial charge in [-0.15, -0.1) is 0 Å². The number of hydrogen-bond acceptors (Lipinski definition) is 5. The summed E-state index contributed by atoms with van der Waals surface area (Å²) < 4.78 is 34.8. The number of benzene rings is 1. The van der Waals surface area contributed by atoms with E-state index in [2.05, 4.69) is 10.0 Å². The van der Waals surface area contributed by atoms with Gasteiger partial charge in [0, 0.05) is 17.6 Å². The quantitative estimate of drug-likeness (QED) is 0.549. The van der Waals surface area contributed by atoms with E-state index in [1.165, 1.54) is 6.42 Å². The van der Waals surface area contributed by atoms with Crippen LogP contribution in [-0.2, 0) is 37.2 Å². The molecular formula is C26H38N2O5S. The molecule has 3 aliphatic rings. The van der Waals surface area contributed by atoms with E-state index in [-0.39, 0.29) is 29.8 Å². The topological polar surface area (TPSA) is 102 Å². The van der Waals surface area contributed by atoms with Crippen LogP contribution in [0.3, 0.4) is 0 Å². The van der Waals surface area contributed by atoms with Crippen LogP contribution in [0.15, 0.2) is 17.0 Å². The van der Waals surface area contributed by atoms with Crippen LogP contribution in [0, 0.1) is 11.8 Å². The molecule has 0 aliphatic heterocycles. The molecule has 0 aromatic heterocycles. The first kappa shape index (κ1) is 25.2. The van der Waals surface area contributed by atoms with Crippen molar-refractivity contribution in [3.05, 3.63) is 23.3 Å². The second kappa shape index (κ2) is 11.2. The minimum absolute atomic E-state index is 0.0581. The molecule has 1 amide bonds. The molecule has 4 rings (SSSR count). The Labute approximate surface area is 203 Å². The SMILES string of the molecule is CCOC(=O)C1CCC(NS(=O)(=O)c2ccc(NC(=O)C3CCCCC3)c3c2CCCC3)CC1. The molecule has 0 atom stereocenters. The molecule has 188 valence electrons. The summed E-state index contributed by atoms with van der Waals surface area (Å²) in [6.45, 7) is 2.17. The third-order valence-corrected chi connectivity index (χ3v) is 9.29. The summed E-state index contributed by atoms with van der Waals surface area (Å²) in [5.74, 6) is -0.188. The van der Waals surface area contributed by atoms with Crippen molar-refractivity contribution in [1.82, 2.24) is 4.72 Å². The second-order valence-corrected chi connectivity index (χ2v) is 11.7. The fraction of sp³-hybridized carbons (Fsp3) is 0.692. The summed E-state index contributed by atoms with van der Waals surface area (Å²) in [6, 6.07) is 3.25. The van der Waals surface area contributed by atoms with E-state index in [1.54, 1.807) is 19.1 Å². The number of esters is 1. The third kappa shape index (κ3) is 5.82. The number of ether oxygens (including phenoxy) is 1. The van der Waals surface area contributed by atoms with Crippen molar-refractivity contribution in [3.8, 4) is 0 Å². The molecular weight excluding hydrogens is 452 g/mol. The number of sulfonamides is 1. The number of anilines is 1. The largest absolute Gasteiger partial charge is 0.466 e. The standard InChI is InChI=1S/C26H38N2O5S/c1-2-33-26(30)19-12-14-20(15-13-19)28-34(31,32)24-17-16-23(21-10-6-7-11-22(21)24)27-25(29)18-8-4-3-5-9-18/h16-20,28H,2-15H2,1H3,(H,27,29). The molecule has 8 heteroatoms. The van der Waals surface area contributed by atoms with E-state index in [1.807, 2.05) is 0 Å². The van der Waals surface area contributed by atoms with E-state index in [0.717, 1.165) is 61.8 Å². The number of fused-ring (bicyclic) bond motifs is 1. The van der Waals surface area contributed by atoms with Crippen molar-refractivity contribution < 1.29 is 22.7 Å². The maximum absolute atomic E-state index is 13.4. The summed E-state index contributed by atoms with van der Waals surface area (Å²) >= 11 is 0. The predicted molar refractivity (Wildman–Crippen MR) is 131 cm³/mol. The van der Waals surface area contributed by atoms with E-state index < -0.39 is 10.0 Å². The lowest BCUT2D eigenvalue weighted by molar-refractivity contribution is -0.149. The highest BCUT2D eigenvalue weighted by Crippen LogP contribution is 2.35. The van der Waals surface area contributed by atoms with Crippen LogP contribution in [0.2, 0.25) is 0 Å². The van der Waals surface area contributed by atoms with Gasteiger partial charge in [-0.05, 0) is 94.4 Å². The van der Waals surface area contributed by atoms with Gasteiger partial charge in [0.25, 0.3) is 0 Å². The normalized spacial score (nSPS) is 23.7. The summed E-state index contributed by atoms with van der Waals surface area (Å²) in [5.41, 5.74) is 2.60. The molecule has 0 unspecified atom stereocenters. The third-order valence-electron chi connectivity index (χ3n) is 7.68. The Morgan fingerprint density at radius 2 is 1.56 bits per heavy atom. The summed E-state index contributed by atoms with van der Waals surface area (Å²) in [4.78, 5) is 25.2. The molecule has 2 fully saturated rings. The van der Waals surface area contributed by atoms with Gasteiger partial charge in [0.15, 0.2) is 0 Å². The van der Waals surface area contributed by atoms with Gasteiger partial charge < -0.3 is 10.1 Å². The van der Waals surface area contributed by atoms with Gasteiger partial charge in [0.05, 0.1) is 17.4 Å². The maximum atomic E-state index is 13.4. The number of amides is 1. The van der Waals surface area contributed by atoms with Gasteiger partial charge in [0.1, 0.15) is 0 Å². The lowest BCUT2D eigenvalue weighted by Crippen LogP contribution is -2.39. The van der Waals surface area contributed by atoms with Gasteiger partial charge >= 0.3 is 5.97 Å². The molecule has 34 heavy (non-hydrogen) atoms. The first-order valence-electron chi connectivity index (χ1n) is 13.0. The van der Waals surface area contributed by atoms with Gasteiger partial charge in [-0.3, -0.25) is 9.59 Å². The molecule has 3 aliphatic carbocycles. The van der Waals surface area contributed by atoms with E-state index in [9.17, 15) is 18.0 Å². The highest BCUT2D eigenvalue weighted by atomic mass is 32.2. The van der Waals surface area contributed by atoms with Crippen LogP contribution in [0.25, 0.3) is 0 Å². The molecule has 2 saturated carbocycles. The Balaban J connectivity index is 1.47. The molecule has 1 aromatic carbocycles. The maximum Gasteiger partial charge on any atom is 0.308 e. The average molecular weight is 491 g/mol. The zero-order valence-electron chi connectivity index (χ0n) is 20.2. The molecule has 0 saturated heterocycles. The van der Waals surface area contributed by atoms with Crippen LogP contribution in [0.4, 0.5) is 5.69 Å². The fourth-order valence-corrected chi connectivity index (χ4v) is 7.39. The van der Waals surface area contributed by atoms with Gasteiger partial charge in [-0.1, -0.05) is 19.3 Å². The average Bonchev–Trinajstić information content (AvgIpc) is 2.85. The first-order valence-corrected chi connectivity index (χ1v) is 14.5. The molecule has 0 bridgehead atoms.